The quantitative estimate of drug-likeness (QED) is 0.551. The summed E-state index contributed by atoms with van der Waals surface area (Å²) in [6.07, 6.45) is 5.82. The number of ether oxygens (including phenoxy) is 3. The molecule has 0 spiro atoms. The molecule has 0 aromatic heterocycles. The van der Waals surface area contributed by atoms with Crippen LogP contribution in [0.15, 0.2) is 24.3 Å². The second kappa shape index (κ2) is 13.4. The van der Waals surface area contributed by atoms with E-state index in [9.17, 15) is 9.90 Å². The number of aliphatic hydroxyl groups excluding tert-OH is 1. The van der Waals surface area contributed by atoms with E-state index >= 15 is 0 Å². The van der Waals surface area contributed by atoms with Gasteiger partial charge in [0.25, 0.3) is 0 Å². The number of benzene rings is 1. The van der Waals surface area contributed by atoms with Crippen LogP contribution in [0.2, 0.25) is 0 Å². The Morgan fingerprint density at radius 1 is 1.14 bits per heavy atom. The van der Waals surface area contributed by atoms with Gasteiger partial charge in [-0.25, -0.2) is 0 Å². The van der Waals surface area contributed by atoms with Crippen molar-refractivity contribution in [2.24, 2.45) is 0 Å². The van der Waals surface area contributed by atoms with Crippen LogP contribution in [0.5, 0.6) is 0 Å². The van der Waals surface area contributed by atoms with Crippen molar-refractivity contribution in [2.45, 2.75) is 82.3 Å². The number of aliphatic hydroxyl groups is 1. The zero-order valence-corrected chi connectivity index (χ0v) is 20.9. The molecular formula is C28H40N2O5. The maximum atomic E-state index is 12.9. The molecule has 0 unspecified atom stereocenters. The molecule has 5 atom stereocenters. The largest absolute Gasteiger partial charge is 0.394 e. The van der Waals surface area contributed by atoms with Gasteiger partial charge in [-0.15, -0.1) is 0 Å². The summed E-state index contributed by atoms with van der Waals surface area (Å²) in [5, 5.41) is 12.8. The first-order valence-electron chi connectivity index (χ1n) is 13.2. The number of carbonyl (C=O) groups is 1. The fourth-order valence-electron chi connectivity index (χ4n) is 5.15. The molecule has 4 rings (SSSR count). The third-order valence-electron chi connectivity index (χ3n) is 7.14. The van der Waals surface area contributed by atoms with Gasteiger partial charge in [-0.05, 0) is 56.2 Å². The molecule has 192 valence electrons. The molecule has 7 heteroatoms. The third kappa shape index (κ3) is 7.77. The van der Waals surface area contributed by atoms with Gasteiger partial charge < -0.3 is 24.6 Å². The lowest BCUT2D eigenvalue weighted by molar-refractivity contribution is -0.202. The highest BCUT2D eigenvalue weighted by molar-refractivity contribution is 5.78. The number of rotatable bonds is 8. The molecule has 0 aliphatic carbocycles. The van der Waals surface area contributed by atoms with Crippen LogP contribution >= 0.6 is 0 Å². The number of hydrogen-bond donors (Lipinski definition) is 2. The summed E-state index contributed by atoms with van der Waals surface area (Å²) in [7, 11) is 0. The minimum absolute atomic E-state index is 0.0198. The fourth-order valence-corrected chi connectivity index (χ4v) is 5.15. The predicted octanol–water partition coefficient (Wildman–Crippen LogP) is 2.29. The number of nitrogens with one attached hydrogen (secondary N) is 1. The van der Waals surface area contributed by atoms with Crippen molar-refractivity contribution in [1.29, 1.82) is 0 Å². The first kappa shape index (κ1) is 26.1. The average Bonchev–Trinajstić information content (AvgIpc) is 2.88. The van der Waals surface area contributed by atoms with Crippen LogP contribution in [0.3, 0.4) is 0 Å². The van der Waals surface area contributed by atoms with Crippen molar-refractivity contribution in [1.82, 2.24) is 10.2 Å². The monoisotopic (exact) mass is 484 g/mol. The van der Waals surface area contributed by atoms with E-state index in [1.165, 1.54) is 5.56 Å². The standard InChI is InChI=1S/C28H40N2O5/c1-2-3-4-5-21-6-8-22(9-7-21)10-12-25-24(29-28(32)19-30-14-16-33-17-15-30)18-27-26(35-25)13-11-23(20-31)34-27/h6-9,23-27,31H,2-3,10-20H2,1H3,(H,29,32)/t23-,24-,25-,26+,27+/m1/s1. The van der Waals surface area contributed by atoms with Gasteiger partial charge in [0.2, 0.25) is 5.91 Å². The van der Waals surface area contributed by atoms with Crippen LogP contribution in [-0.4, -0.2) is 85.8 Å². The molecule has 1 aromatic rings. The Bertz CT molecular complexity index is 858. The maximum Gasteiger partial charge on any atom is 0.234 e. The van der Waals surface area contributed by atoms with Gasteiger partial charge in [0.05, 0.1) is 56.8 Å². The summed E-state index contributed by atoms with van der Waals surface area (Å²) in [4.78, 5) is 15.0. The molecule has 1 amide bonds. The lowest BCUT2D eigenvalue weighted by Gasteiger charge is -2.45. The van der Waals surface area contributed by atoms with E-state index in [1.807, 2.05) is 0 Å². The molecule has 3 aliphatic rings. The molecule has 3 heterocycles. The summed E-state index contributed by atoms with van der Waals surface area (Å²) >= 11 is 0. The third-order valence-corrected chi connectivity index (χ3v) is 7.14. The normalized spacial score (nSPS) is 29.0. The van der Waals surface area contributed by atoms with E-state index in [0.29, 0.717) is 26.2 Å². The number of carbonyl (C=O) groups excluding carboxylic acids is 1. The van der Waals surface area contributed by atoms with Crippen LogP contribution in [0.4, 0.5) is 0 Å². The highest BCUT2D eigenvalue weighted by Gasteiger charge is 2.42. The second-order valence-electron chi connectivity index (χ2n) is 9.86. The van der Waals surface area contributed by atoms with Gasteiger partial charge in [-0.3, -0.25) is 9.69 Å². The molecule has 7 nitrogen and oxygen atoms in total. The van der Waals surface area contributed by atoms with E-state index in [1.54, 1.807) is 0 Å². The molecule has 35 heavy (non-hydrogen) atoms. The molecule has 3 fully saturated rings. The van der Waals surface area contributed by atoms with Crippen molar-refractivity contribution in [3.8, 4) is 11.8 Å². The Hall–Kier alpha value is -1.95. The predicted molar refractivity (Wildman–Crippen MR) is 134 cm³/mol. The van der Waals surface area contributed by atoms with E-state index in [0.717, 1.165) is 57.2 Å². The Kier molecular flexibility index (Phi) is 9.99. The van der Waals surface area contributed by atoms with Crippen LogP contribution in [0.25, 0.3) is 0 Å². The van der Waals surface area contributed by atoms with Crippen molar-refractivity contribution in [3.05, 3.63) is 35.4 Å². The number of morpholine rings is 1. The lowest BCUT2D eigenvalue weighted by atomic mass is 9.88. The summed E-state index contributed by atoms with van der Waals surface area (Å²) in [6.45, 7) is 5.44. The second-order valence-corrected chi connectivity index (χ2v) is 9.86. The Morgan fingerprint density at radius 3 is 2.69 bits per heavy atom. The molecule has 3 saturated heterocycles. The first-order valence-corrected chi connectivity index (χ1v) is 13.2. The highest BCUT2D eigenvalue weighted by atomic mass is 16.6. The minimum atomic E-state index is -0.139. The van der Waals surface area contributed by atoms with Crippen LogP contribution in [-0.2, 0) is 25.4 Å². The molecule has 0 radical (unpaired) electrons. The number of nitrogens with zero attached hydrogens (tertiary/aromatic N) is 1. The molecular weight excluding hydrogens is 444 g/mol. The van der Waals surface area contributed by atoms with E-state index in [4.69, 9.17) is 14.2 Å². The Morgan fingerprint density at radius 2 is 1.94 bits per heavy atom. The van der Waals surface area contributed by atoms with Crippen LogP contribution < -0.4 is 5.32 Å². The van der Waals surface area contributed by atoms with Crippen molar-refractivity contribution >= 4 is 5.91 Å². The van der Waals surface area contributed by atoms with Gasteiger partial charge in [0.15, 0.2) is 0 Å². The number of amides is 1. The van der Waals surface area contributed by atoms with Crippen molar-refractivity contribution in [2.75, 3.05) is 39.5 Å². The van der Waals surface area contributed by atoms with E-state index in [2.05, 4.69) is 53.2 Å². The van der Waals surface area contributed by atoms with Gasteiger partial charge in [0.1, 0.15) is 0 Å². The number of aryl methyl sites for hydroxylation is 1. The van der Waals surface area contributed by atoms with Crippen LogP contribution in [0, 0.1) is 11.8 Å². The van der Waals surface area contributed by atoms with Crippen molar-refractivity contribution < 1.29 is 24.1 Å². The molecule has 2 N–H and O–H groups in total. The summed E-state index contributed by atoms with van der Waals surface area (Å²) < 4.78 is 18.0. The summed E-state index contributed by atoms with van der Waals surface area (Å²) in [5.41, 5.74) is 2.29. The van der Waals surface area contributed by atoms with Crippen LogP contribution in [0.1, 0.15) is 56.6 Å². The number of unbranched alkanes of at least 4 members (excludes halogenated alkanes) is 1. The highest BCUT2D eigenvalue weighted by Crippen LogP contribution is 2.33. The topological polar surface area (TPSA) is 80.3 Å². The SMILES string of the molecule is CCCC#Cc1ccc(CC[C@H]2O[C@H]3CC[C@H](CO)O[C@H]3C[C@H]2NC(=O)CN2CCOCC2)cc1. The fraction of sp³-hybridized carbons (Fsp3) is 0.679. The zero-order chi connectivity index (χ0) is 24.5. The zero-order valence-electron chi connectivity index (χ0n) is 20.9. The first-order chi connectivity index (χ1) is 17.1. The molecule has 3 aliphatic heterocycles. The maximum absolute atomic E-state index is 12.9. The van der Waals surface area contributed by atoms with Gasteiger partial charge >= 0.3 is 0 Å². The van der Waals surface area contributed by atoms with E-state index in [-0.39, 0.29) is 43.0 Å². The van der Waals surface area contributed by atoms with E-state index < -0.39 is 0 Å². The molecule has 1 aromatic carbocycles. The summed E-state index contributed by atoms with van der Waals surface area (Å²) in [5.74, 6) is 6.43. The average molecular weight is 485 g/mol. The molecule has 0 saturated carbocycles. The van der Waals surface area contributed by atoms with Gasteiger partial charge in [0, 0.05) is 25.1 Å². The van der Waals surface area contributed by atoms with Gasteiger partial charge in [-0.1, -0.05) is 30.9 Å². The van der Waals surface area contributed by atoms with Crippen molar-refractivity contribution in [3.63, 3.8) is 0 Å². The molecule has 0 bridgehead atoms. The van der Waals surface area contributed by atoms with Gasteiger partial charge in [-0.2, -0.15) is 0 Å². The summed E-state index contributed by atoms with van der Waals surface area (Å²) in [6, 6.07) is 8.34. The Labute approximate surface area is 209 Å². The number of hydrogen-bond acceptors (Lipinski definition) is 6. The minimum Gasteiger partial charge on any atom is -0.394 e. The Balaban J connectivity index is 1.36. The lowest BCUT2D eigenvalue weighted by Crippen LogP contribution is -2.58. The smallest absolute Gasteiger partial charge is 0.234 e. The number of fused-ring (bicyclic) bond motifs is 1.